The van der Waals surface area contributed by atoms with Crippen LogP contribution in [-0.2, 0) is 4.79 Å². The van der Waals surface area contributed by atoms with Gasteiger partial charge >= 0.3 is 0 Å². The van der Waals surface area contributed by atoms with Gasteiger partial charge in [0.1, 0.15) is 0 Å². The second kappa shape index (κ2) is 8.50. The van der Waals surface area contributed by atoms with Crippen molar-refractivity contribution in [3.05, 3.63) is 11.6 Å². The molecule has 0 bridgehead atoms. The molecule has 9 atom stereocenters. The standard InChI is InChI=1S/C28H48N2O/c1-18(2)16-26(31)29-21-12-14-27(4)20(17-21)8-9-22-24-11-10-23(19(3)30(6)7)28(24,5)15-13-25(22)27/h16,19-25H,8-15,17H2,1-7H3,(H,29,31)/t19-,20+,21+,22-,23+,24-,25-,27-,28+/m0/s1. The molecule has 0 saturated heterocycles. The summed E-state index contributed by atoms with van der Waals surface area (Å²) in [5.74, 6) is 4.55. The zero-order chi connectivity index (χ0) is 22.6. The molecule has 4 rings (SSSR count). The van der Waals surface area contributed by atoms with Gasteiger partial charge in [0.15, 0.2) is 0 Å². The Balaban J connectivity index is 1.46. The highest BCUT2D eigenvalue weighted by atomic mass is 16.1. The van der Waals surface area contributed by atoms with E-state index in [2.05, 4.69) is 45.1 Å². The van der Waals surface area contributed by atoms with E-state index < -0.39 is 0 Å². The Kier molecular flexibility index (Phi) is 6.40. The van der Waals surface area contributed by atoms with Crippen molar-refractivity contribution < 1.29 is 4.79 Å². The third kappa shape index (κ3) is 4.02. The highest BCUT2D eigenvalue weighted by Crippen LogP contribution is 2.67. The van der Waals surface area contributed by atoms with Gasteiger partial charge in [0, 0.05) is 18.2 Å². The lowest BCUT2D eigenvalue weighted by Gasteiger charge is -2.61. The first kappa shape index (κ1) is 23.3. The molecule has 4 aliphatic rings. The molecule has 0 aromatic rings. The molecule has 1 amide bonds. The van der Waals surface area contributed by atoms with E-state index in [1.54, 1.807) is 6.08 Å². The number of carbonyl (C=O) groups excluding carboxylic acids is 1. The SMILES string of the molecule is CC(C)=CC(=O)N[C@@H]1CC[C@@]2(C)[C@H](CC[C@@H]3[C@@H]2CC[C@]2(C)[C@@H]([C@H](C)N(C)C)CC[C@@H]32)C1. The molecule has 31 heavy (non-hydrogen) atoms. The van der Waals surface area contributed by atoms with Gasteiger partial charge in [0.25, 0.3) is 0 Å². The summed E-state index contributed by atoms with van der Waals surface area (Å²) in [5, 5.41) is 3.32. The average molecular weight is 429 g/mol. The van der Waals surface area contributed by atoms with Crippen LogP contribution in [0.1, 0.15) is 92.4 Å². The summed E-state index contributed by atoms with van der Waals surface area (Å²) in [4.78, 5) is 14.8. The number of hydrogen-bond donors (Lipinski definition) is 1. The molecule has 3 nitrogen and oxygen atoms in total. The Hall–Kier alpha value is -0.830. The number of amides is 1. The van der Waals surface area contributed by atoms with Gasteiger partial charge in [-0.2, -0.15) is 0 Å². The van der Waals surface area contributed by atoms with Gasteiger partial charge in [-0.15, -0.1) is 0 Å². The van der Waals surface area contributed by atoms with Crippen LogP contribution < -0.4 is 5.32 Å². The Labute approximate surface area is 191 Å². The number of hydrogen-bond acceptors (Lipinski definition) is 2. The second-order valence-corrected chi connectivity index (χ2v) is 12.8. The summed E-state index contributed by atoms with van der Waals surface area (Å²) in [5.41, 5.74) is 2.12. The topological polar surface area (TPSA) is 32.3 Å². The van der Waals surface area contributed by atoms with E-state index >= 15 is 0 Å². The number of carbonyl (C=O) groups is 1. The van der Waals surface area contributed by atoms with Gasteiger partial charge in [-0.1, -0.05) is 19.4 Å². The maximum atomic E-state index is 12.3. The number of rotatable bonds is 4. The minimum Gasteiger partial charge on any atom is -0.350 e. The fourth-order valence-electron chi connectivity index (χ4n) is 9.09. The van der Waals surface area contributed by atoms with Crippen LogP contribution >= 0.6 is 0 Å². The first-order valence-corrected chi connectivity index (χ1v) is 13.2. The predicted molar refractivity (Wildman–Crippen MR) is 130 cm³/mol. The maximum absolute atomic E-state index is 12.3. The summed E-state index contributed by atoms with van der Waals surface area (Å²) < 4.78 is 0. The summed E-state index contributed by atoms with van der Waals surface area (Å²) in [6.07, 6.45) is 14.0. The molecule has 4 saturated carbocycles. The Morgan fingerprint density at radius 2 is 1.65 bits per heavy atom. The monoisotopic (exact) mass is 428 g/mol. The summed E-state index contributed by atoms with van der Waals surface area (Å²) >= 11 is 0. The molecule has 0 heterocycles. The van der Waals surface area contributed by atoms with Crippen LogP contribution in [0.3, 0.4) is 0 Å². The van der Waals surface area contributed by atoms with Crippen molar-refractivity contribution in [3.63, 3.8) is 0 Å². The molecule has 1 N–H and O–H groups in total. The van der Waals surface area contributed by atoms with E-state index in [1.807, 2.05) is 13.8 Å². The predicted octanol–water partition coefficient (Wildman–Crippen LogP) is 6.05. The van der Waals surface area contributed by atoms with Gasteiger partial charge in [-0.05, 0) is 133 Å². The van der Waals surface area contributed by atoms with Crippen molar-refractivity contribution >= 4 is 5.91 Å². The van der Waals surface area contributed by atoms with Crippen LogP contribution in [0.2, 0.25) is 0 Å². The van der Waals surface area contributed by atoms with Crippen molar-refractivity contribution in [1.29, 1.82) is 0 Å². The third-order valence-corrected chi connectivity index (χ3v) is 10.9. The van der Waals surface area contributed by atoms with Crippen molar-refractivity contribution in [2.45, 2.75) is 104 Å². The Morgan fingerprint density at radius 3 is 2.32 bits per heavy atom. The van der Waals surface area contributed by atoms with Gasteiger partial charge in [0.2, 0.25) is 5.91 Å². The van der Waals surface area contributed by atoms with E-state index in [4.69, 9.17) is 0 Å². The molecule has 176 valence electrons. The molecule has 4 aliphatic carbocycles. The van der Waals surface area contributed by atoms with Crippen molar-refractivity contribution in [3.8, 4) is 0 Å². The van der Waals surface area contributed by atoms with E-state index in [-0.39, 0.29) is 5.91 Å². The van der Waals surface area contributed by atoms with Crippen molar-refractivity contribution in [1.82, 2.24) is 10.2 Å². The zero-order valence-electron chi connectivity index (χ0n) is 21.3. The lowest BCUT2D eigenvalue weighted by Crippen LogP contribution is -2.56. The maximum Gasteiger partial charge on any atom is 0.244 e. The first-order valence-electron chi connectivity index (χ1n) is 13.2. The fourth-order valence-corrected chi connectivity index (χ4v) is 9.09. The average Bonchev–Trinajstić information content (AvgIpc) is 3.04. The summed E-state index contributed by atoms with van der Waals surface area (Å²) in [7, 11) is 4.54. The number of nitrogens with zero attached hydrogens (tertiary/aromatic N) is 1. The quantitative estimate of drug-likeness (QED) is 0.553. The summed E-state index contributed by atoms with van der Waals surface area (Å²) in [6, 6.07) is 1.07. The lowest BCUT2D eigenvalue weighted by molar-refractivity contribution is -0.125. The van der Waals surface area contributed by atoms with Crippen LogP contribution in [0.25, 0.3) is 0 Å². The van der Waals surface area contributed by atoms with E-state index in [1.165, 1.54) is 57.8 Å². The Morgan fingerprint density at radius 1 is 0.968 bits per heavy atom. The molecule has 0 unspecified atom stereocenters. The van der Waals surface area contributed by atoms with Crippen LogP contribution in [-0.4, -0.2) is 37.0 Å². The molecular weight excluding hydrogens is 380 g/mol. The smallest absolute Gasteiger partial charge is 0.244 e. The fraction of sp³-hybridized carbons (Fsp3) is 0.893. The van der Waals surface area contributed by atoms with Crippen LogP contribution in [0.15, 0.2) is 11.6 Å². The molecule has 0 radical (unpaired) electrons. The molecule has 0 aromatic carbocycles. The molecule has 4 fully saturated rings. The molecule has 0 spiro atoms. The van der Waals surface area contributed by atoms with Gasteiger partial charge in [-0.25, -0.2) is 0 Å². The van der Waals surface area contributed by atoms with Crippen molar-refractivity contribution in [2.75, 3.05) is 14.1 Å². The lowest BCUT2D eigenvalue weighted by atomic mass is 9.44. The van der Waals surface area contributed by atoms with E-state index in [9.17, 15) is 4.79 Å². The zero-order valence-corrected chi connectivity index (χ0v) is 21.3. The van der Waals surface area contributed by atoms with Gasteiger partial charge in [0.05, 0.1) is 0 Å². The normalized spacial score (nSPS) is 45.3. The highest BCUT2D eigenvalue weighted by Gasteiger charge is 2.60. The molecule has 0 aromatic heterocycles. The van der Waals surface area contributed by atoms with E-state index in [0.717, 1.165) is 35.2 Å². The third-order valence-electron chi connectivity index (χ3n) is 10.9. The number of fused-ring (bicyclic) bond motifs is 5. The minimum atomic E-state index is 0.114. The van der Waals surface area contributed by atoms with Crippen LogP contribution in [0, 0.1) is 40.4 Å². The van der Waals surface area contributed by atoms with Crippen LogP contribution in [0.5, 0.6) is 0 Å². The number of allylic oxidation sites excluding steroid dienone is 1. The van der Waals surface area contributed by atoms with Gasteiger partial charge in [-0.3, -0.25) is 4.79 Å². The van der Waals surface area contributed by atoms with Crippen LogP contribution in [0.4, 0.5) is 0 Å². The highest BCUT2D eigenvalue weighted by molar-refractivity contribution is 5.88. The largest absolute Gasteiger partial charge is 0.350 e. The molecular formula is C28H48N2O. The first-order chi connectivity index (χ1) is 14.6. The Bertz CT molecular complexity index is 710. The number of nitrogens with one attached hydrogen (secondary N) is 1. The molecule has 3 heteroatoms. The van der Waals surface area contributed by atoms with Crippen molar-refractivity contribution in [2.24, 2.45) is 40.4 Å². The second-order valence-electron chi connectivity index (χ2n) is 12.8. The van der Waals surface area contributed by atoms with Gasteiger partial charge < -0.3 is 10.2 Å². The van der Waals surface area contributed by atoms with E-state index in [0.29, 0.717) is 22.9 Å². The summed E-state index contributed by atoms with van der Waals surface area (Å²) in [6.45, 7) is 11.8. The molecule has 0 aliphatic heterocycles. The minimum absolute atomic E-state index is 0.114.